The summed E-state index contributed by atoms with van der Waals surface area (Å²) in [6, 6.07) is 6.06. The highest BCUT2D eigenvalue weighted by Gasteiger charge is 2.11. The number of nitrogens with zero attached hydrogens (tertiary/aromatic N) is 5. The Hall–Kier alpha value is -2.54. The van der Waals surface area contributed by atoms with Crippen molar-refractivity contribution in [3.05, 3.63) is 47.9 Å². The first kappa shape index (κ1) is 15.4. The zero-order valence-electron chi connectivity index (χ0n) is 13.5. The van der Waals surface area contributed by atoms with Crippen molar-refractivity contribution in [2.45, 2.75) is 39.9 Å². The number of nitrogens with one attached hydrogen (secondary N) is 1. The molecular formula is C16H20N6O. The lowest BCUT2D eigenvalue weighted by atomic mass is 10.3. The molecule has 0 bridgehead atoms. The molecule has 3 aromatic heterocycles. The fourth-order valence-corrected chi connectivity index (χ4v) is 2.38. The van der Waals surface area contributed by atoms with Crippen LogP contribution >= 0.6 is 0 Å². The lowest BCUT2D eigenvalue weighted by molar-refractivity contribution is 0.350. The van der Waals surface area contributed by atoms with Crippen molar-refractivity contribution in [3.8, 4) is 11.4 Å². The summed E-state index contributed by atoms with van der Waals surface area (Å²) >= 11 is 0. The van der Waals surface area contributed by atoms with E-state index in [1.807, 2.05) is 23.7 Å². The summed E-state index contributed by atoms with van der Waals surface area (Å²) in [5, 5.41) is 11.8. The van der Waals surface area contributed by atoms with Crippen molar-refractivity contribution < 1.29 is 4.52 Å². The first-order chi connectivity index (χ1) is 11.1. The lowest BCUT2D eigenvalue weighted by Gasteiger charge is -2.13. The second kappa shape index (κ2) is 6.70. The van der Waals surface area contributed by atoms with Crippen molar-refractivity contribution in [2.75, 3.05) is 0 Å². The molecule has 3 heterocycles. The third-order valence-electron chi connectivity index (χ3n) is 3.54. The molecule has 0 aliphatic heterocycles. The first-order valence-corrected chi connectivity index (χ1v) is 7.59. The van der Waals surface area contributed by atoms with Crippen LogP contribution < -0.4 is 5.32 Å². The predicted octanol–water partition coefficient (Wildman–Crippen LogP) is 2.12. The Morgan fingerprint density at radius 2 is 2.22 bits per heavy atom. The van der Waals surface area contributed by atoms with Crippen molar-refractivity contribution in [3.63, 3.8) is 0 Å². The summed E-state index contributed by atoms with van der Waals surface area (Å²) in [5.74, 6) is 1.12. The molecule has 0 unspecified atom stereocenters. The molecule has 120 valence electrons. The molecule has 3 rings (SSSR count). The molecule has 23 heavy (non-hydrogen) atoms. The summed E-state index contributed by atoms with van der Waals surface area (Å²) in [5.41, 5.74) is 3.04. The summed E-state index contributed by atoms with van der Waals surface area (Å²) in [6.07, 6.45) is 3.43. The average molecular weight is 312 g/mol. The van der Waals surface area contributed by atoms with Gasteiger partial charge in [0.1, 0.15) is 0 Å². The molecule has 0 aliphatic carbocycles. The number of aryl methyl sites for hydroxylation is 2. The monoisotopic (exact) mass is 312 g/mol. The van der Waals surface area contributed by atoms with E-state index in [-0.39, 0.29) is 6.04 Å². The fourth-order valence-electron chi connectivity index (χ4n) is 2.38. The normalized spacial score (nSPS) is 12.5. The Balaban J connectivity index is 1.56. The van der Waals surface area contributed by atoms with Crippen molar-refractivity contribution in [2.24, 2.45) is 0 Å². The van der Waals surface area contributed by atoms with E-state index < -0.39 is 0 Å². The van der Waals surface area contributed by atoms with Gasteiger partial charge in [0.15, 0.2) is 0 Å². The van der Waals surface area contributed by atoms with Crippen LogP contribution in [0.25, 0.3) is 11.4 Å². The lowest BCUT2D eigenvalue weighted by Crippen LogP contribution is -2.30. The average Bonchev–Trinajstić information content (AvgIpc) is 3.13. The molecule has 0 fully saturated rings. The first-order valence-electron chi connectivity index (χ1n) is 7.59. The van der Waals surface area contributed by atoms with Crippen LogP contribution in [0.3, 0.4) is 0 Å². The molecule has 7 nitrogen and oxygen atoms in total. The molecule has 3 aromatic rings. The third kappa shape index (κ3) is 3.81. The molecule has 0 saturated carbocycles. The number of rotatable bonds is 6. The predicted molar refractivity (Wildman–Crippen MR) is 85.5 cm³/mol. The van der Waals surface area contributed by atoms with Crippen LogP contribution in [0, 0.1) is 13.8 Å². The van der Waals surface area contributed by atoms with Crippen LogP contribution in [0.1, 0.15) is 24.2 Å². The smallest absolute Gasteiger partial charge is 0.240 e. The molecule has 7 heteroatoms. The van der Waals surface area contributed by atoms with Gasteiger partial charge in [0, 0.05) is 29.7 Å². The van der Waals surface area contributed by atoms with E-state index in [1.165, 1.54) is 0 Å². The van der Waals surface area contributed by atoms with E-state index >= 15 is 0 Å². The van der Waals surface area contributed by atoms with Crippen LogP contribution in [-0.2, 0) is 13.1 Å². The van der Waals surface area contributed by atoms with Gasteiger partial charge in [0.25, 0.3) is 0 Å². The number of pyridine rings is 1. The zero-order chi connectivity index (χ0) is 16.2. The molecule has 0 radical (unpaired) electrons. The minimum Gasteiger partial charge on any atom is -0.338 e. The van der Waals surface area contributed by atoms with E-state index in [0.717, 1.165) is 23.5 Å². The summed E-state index contributed by atoms with van der Waals surface area (Å²) < 4.78 is 7.28. The topological polar surface area (TPSA) is 81.7 Å². The maximum absolute atomic E-state index is 5.27. The molecule has 0 saturated heterocycles. The Morgan fingerprint density at radius 3 is 2.91 bits per heavy atom. The van der Waals surface area contributed by atoms with Crippen LogP contribution in [0.5, 0.6) is 0 Å². The van der Waals surface area contributed by atoms with E-state index in [4.69, 9.17) is 4.52 Å². The maximum Gasteiger partial charge on any atom is 0.240 e. The van der Waals surface area contributed by atoms with E-state index in [0.29, 0.717) is 18.3 Å². The second-order valence-electron chi connectivity index (χ2n) is 5.64. The van der Waals surface area contributed by atoms with Gasteiger partial charge in [-0.05, 0) is 39.0 Å². The summed E-state index contributed by atoms with van der Waals surface area (Å²) in [6.45, 7) is 7.48. The highest BCUT2D eigenvalue weighted by molar-refractivity contribution is 5.51. The minimum atomic E-state index is 0.238. The van der Waals surface area contributed by atoms with Crippen molar-refractivity contribution in [1.82, 2.24) is 30.2 Å². The van der Waals surface area contributed by atoms with E-state index in [9.17, 15) is 0 Å². The minimum absolute atomic E-state index is 0.238. The summed E-state index contributed by atoms with van der Waals surface area (Å²) in [4.78, 5) is 8.43. The molecule has 1 N–H and O–H groups in total. The van der Waals surface area contributed by atoms with Gasteiger partial charge in [0.2, 0.25) is 11.7 Å². The van der Waals surface area contributed by atoms with Crippen LogP contribution in [0.4, 0.5) is 0 Å². The Kier molecular flexibility index (Phi) is 4.47. The zero-order valence-corrected chi connectivity index (χ0v) is 13.5. The Labute approximate surface area is 134 Å². The second-order valence-corrected chi connectivity index (χ2v) is 5.64. The van der Waals surface area contributed by atoms with Gasteiger partial charge in [-0.15, -0.1) is 0 Å². The van der Waals surface area contributed by atoms with Crippen LogP contribution in [0.2, 0.25) is 0 Å². The van der Waals surface area contributed by atoms with Crippen molar-refractivity contribution in [1.29, 1.82) is 0 Å². The standard InChI is InChI=1S/C16H20N6O/c1-11-7-13(3)22(20-11)10-12(2)18-9-15-19-16(21-23-15)14-5-4-6-17-8-14/h4-8,12,18H,9-10H2,1-3H3/t12-/m0/s1. The largest absolute Gasteiger partial charge is 0.338 e. The van der Waals surface area contributed by atoms with Gasteiger partial charge >= 0.3 is 0 Å². The summed E-state index contributed by atoms with van der Waals surface area (Å²) in [7, 11) is 0. The van der Waals surface area contributed by atoms with Gasteiger partial charge in [0.05, 0.1) is 18.8 Å². The van der Waals surface area contributed by atoms with Gasteiger partial charge in [-0.2, -0.15) is 10.1 Å². The molecule has 0 spiro atoms. The Morgan fingerprint density at radius 1 is 1.35 bits per heavy atom. The highest BCUT2D eigenvalue weighted by Crippen LogP contribution is 2.13. The molecule has 0 amide bonds. The maximum atomic E-state index is 5.27. The Bertz CT molecular complexity index is 764. The number of hydrogen-bond donors (Lipinski definition) is 1. The molecular weight excluding hydrogens is 292 g/mol. The van der Waals surface area contributed by atoms with Gasteiger partial charge in [-0.1, -0.05) is 5.16 Å². The van der Waals surface area contributed by atoms with Gasteiger partial charge in [-0.3, -0.25) is 9.67 Å². The third-order valence-corrected chi connectivity index (χ3v) is 3.54. The SMILES string of the molecule is Cc1cc(C)n(C[C@H](C)NCc2nc(-c3cccnc3)no2)n1. The quantitative estimate of drug-likeness (QED) is 0.751. The van der Waals surface area contributed by atoms with Crippen molar-refractivity contribution >= 4 is 0 Å². The van der Waals surface area contributed by atoms with Gasteiger partial charge < -0.3 is 9.84 Å². The molecule has 0 aliphatic rings. The van der Waals surface area contributed by atoms with Crippen LogP contribution in [0.15, 0.2) is 35.1 Å². The molecule has 1 atom stereocenters. The highest BCUT2D eigenvalue weighted by atomic mass is 16.5. The van der Waals surface area contributed by atoms with E-state index in [2.05, 4.69) is 45.5 Å². The van der Waals surface area contributed by atoms with E-state index in [1.54, 1.807) is 12.4 Å². The number of aromatic nitrogens is 5. The number of hydrogen-bond acceptors (Lipinski definition) is 6. The fraction of sp³-hybridized carbons (Fsp3) is 0.375. The van der Waals surface area contributed by atoms with Crippen LogP contribution in [-0.4, -0.2) is 30.9 Å². The molecule has 0 aromatic carbocycles. The van der Waals surface area contributed by atoms with Gasteiger partial charge in [-0.25, -0.2) is 0 Å².